The van der Waals surface area contributed by atoms with Crippen LogP contribution in [0.4, 0.5) is 0 Å². The van der Waals surface area contributed by atoms with Crippen LogP contribution in [0.15, 0.2) is 72.9 Å². The summed E-state index contributed by atoms with van der Waals surface area (Å²) < 4.78 is 16.8. The van der Waals surface area contributed by atoms with Crippen LogP contribution in [0.3, 0.4) is 0 Å². The second-order valence-electron chi connectivity index (χ2n) is 18.5. The maximum Gasteiger partial charge on any atom is 0.306 e. The molecule has 0 aromatic rings. The number of allylic oxidation sites excluding steroid dienone is 12. The van der Waals surface area contributed by atoms with Gasteiger partial charge in [-0.3, -0.25) is 14.4 Å². The zero-order valence-electron chi connectivity index (χ0n) is 43.4. The van der Waals surface area contributed by atoms with Crippen molar-refractivity contribution in [3.63, 3.8) is 0 Å². The second-order valence-corrected chi connectivity index (χ2v) is 18.5. The summed E-state index contributed by atoms with van der Waals surface area (Å²) in [6.45, 7) is 6.46. The average molecular weight is 921 g/mol. The van der Waals surface area contributed by atoms with E-state index in [0.29, 0.717) is 19.3 Å². The van der Waals surface area contributed by atoms with E-state index in [0.717, 1.165) is 122 Å². The van der Waals surface area contributed by atoms with E-state index in [1.807, 2.05) is 0 Å². The minimum atomic E-state index is -0.784. The summed E-state index contributed by atoms with van der Waals surface area (Å²) in [6.07, 6.45) is 68.9. The molecule has 0 spiro atoms. The van der Waals surface area contributed by atoms with Crippen molar-refractivity contribution in [1.82, 2.24) is 0 Å². The molecule has 0 amide bonds. The van der Waals surface area contributed by atoms with E-state index in [9.17, 15) is 14.4 Å². The molecule has 0 aliphatic carbocycles. The van der Waals surface area contributed by atoms with E-state index in [1.54, 1.807) is 0 Å². The zero-order valence-corrected chi connectivity index (χ0v) is 43.4. The molecule has 0 aromatic heterocycles. The number of esters is 3. The highest BCUT2D eigenvalue weighted by atomic mass is 16.6. The molecule has 6 nitrogen and oxygen atoms in total. The molecule has 1 unspecified atom stereocenters. The zero-order chi connectivity index (χ0) is 47.9. The highest BCUT2D eigenvalue weighted by Gasteiger charge is 2.19. The van der Waals surface area contributed by atoms with Gasteiger partial charge in [0.15, 0.2) is 6.10 Å². The molecule has 0 rings (SSSR count). The summed E-state index contributed by atoms with van der Waals surface area (Å²) in [5.41, 5.74) is 0. The van der Waals surface area contributed by atoms with E-state index >= 15 is 0 Å². The van der Waals surface area contributed by atoms with Gasteiger partial charge in [-0.25, -0.2) is 0 Å². The second kappa shape index (κ2) is 54.5. The van der Waals surface area contributed by atoms with Gasteiger partial charge in [0, 0.05) is 19.3 Å². The number of carbonyl (C=O) groups is 3. The van der Waals surface area contributed by atoms with Crippen LogP contribution >= 0.6 is 0 Å². The van der Waals surface area contributed by atoms with E-state index < -0.39 is 6.10 Å². The Kier molecular flexibility index (Phi) is 51.9. The Hall–Kier alpha value is -3.15. The molecule has 0 fully saturated rings. The Bertz CT molecular complexity index is 1240. The van der Waals surface area contributed by atoms with E-state index in [-0.39, 0.29) is 31.1 Å². The number of hydrogen-bond donors (Lipinski definition) is 0. The lowest BCUT2D eigenvalue weighted by molar-refractivity contribution is -0.167. The molecule has 0 bridgehead atoms. The minimum Gasteiger partial charge on any atom is -0.462 e. The first-order valence-corrected chi connectivity index (χ1v) is 27.9. The van der Waals surface area contributed by atoms with Gasteiger partial charge in [0.1, 0.15) is 13.2 Å². The predicted octanol–water partition coefficient (Wildman–Crippen LogP) is 18.6. The van der Waals surface area contributed by atoms with Gasteiger partial charge in [-0.15, -0.1) is 0 Å². The van der Waals surface area contributed by atoms with Crippen molar-refractivity contribution >= 4 is 17.9 Å². The Morgan fingerprint density at radius 1 is 0.318 bits per heavy atom. The van der Waals surface area contributed by atoms with Gasteiger partial charge < -0.3 is 14.2 Å². The Morgan fingerprint density at radius 2 is 0.621 bits per heavy atom. The summed E-state index contributed by atoms with van der Waals surface area (Å²) in [7, 11) is 0. The normalized spacial score (nSPS) is 12.6. The maximum atomic E-state index is 12.8. The fraction of sp³-hybridized carbons (Fsp3) is 0.750. The Morgan fingerprint density at radius 3 is 1.00 bits per heavy atom. The lowest BCUT2D eigenvalue weighted by Gasteiger charge is -2.18. The molecule has 0 N–H and O–H groups in total. The van der Waals surface area contributed by atoms with Gasteiger partial charge in [0.2, 0.25) is 0 Å². The summed E-state index contributed by atoms with van der Waals surface area (Å²) in [5.74, 6) is -0.906. The molecule has 0 aliphatic heterocycles. The summed E-state index contributed by atoms with van der Waals surface area (Å²) in [6, 6.07) is 0. The fourth-order valence-electron chi connectivity index (χ4n) is 7.77. The molecular formula is C60H104O6. The van der Waals surface area contributed by atoms with Crippen molar-refractivity contribution in [2.24, 2.45) is 0 Å². The van der Waals surface area contributed by atoms with Crippen molar-refractivity contribution in [2.45, 2.75) is 277 Å². The van der Waals surface area contributed by atoms with Crippen molar-refractivity contribution in [3.05, 3.63) is 72.9 Å². The highest BCUT2D eigenvalue weighted by molar-refractivity contribution is 5.71. The van der Waals surface area contributed by atoms with E-state index in [1.165, 1.54) is 109 Å². The number of carbonyl (C=O) groups excluding carboxylic acids is 3. The van der Waals surface area contributed by atoms with Crippen molar-refractivity contribution < 1.29 is 28.6 Å². The van der Waals surface area contributed by atoms with Crippen LogP contribution in [0.25, 0.3) is 0 Å². The van der Waals surface area contributed by atoms with Gasteiger partial charge >= 0.3 is 17.9 Å². The topological polar surface area (TPSA) is 78.9 Å². The number of rotatable bonds is 50. The first-order chi connectivity index (χ1) is 32.5. The Labute approximate surface area is 408 Å². The molecular weight excluding hydrogens is 817 g/mol. The van der Waals surface area contributed by atoms with Gasteiger partial charge in [0.05, 0.1) is 0 Å². The first kappa shape index (κ1) is 62.8. The van der Waals surface area contributed by atoms with Crippen LogP contribution in [-0.4, -0.2) is 37.2 Å². The van der Waals surface area contributed by atoms with Crippen LogP contribution in [0.2, 0.25) is 0 Å². The molecule has 6 heteroatoms. The lowest BCUT2D eigenvalue weighted by atomic mass is 10.0. The third-order valence-electron chi connectivity index (χ3n) is 11.9. The van der Waals surface area contributed by atoms with Gasteiger partial charge in [-0.05, 0) is 83.5 Å². The van der Waals surface area contributed by atoms with Crippen LogP contribution in [0.1, 0.15) is 271 Å². The van der Waals surface area contributed by atoms with Crippen molar-refractivity contribution in [1.29, 1.82) is 0 Å². The van der Waals surface area contributed by atoms with E-state index in [4.69, 9.17) is 14.2 Å². The lowest BCUT2D eigenvalue weighted by Crippen LogP contribution is -2.30. The number of unbranched alkanes of at least 4 members (excludes halogenated alkanes) is 27. The van der Waals surface area contributed by atoms with Crippen molar-refractivity contribution in [2.75, 3.05) is 13.2 Å². The minimum absolute atomic E-state index is 0.0844. The third-order valence-corrected chi connectivity index (χ3v) is 11.9. The number of hydrogen-bond acceptors (Lipinski definition) is 6. The van der Waals surface area contributed by atoms with E-state index in [2.05, 4.69) is 93.7 Å². The molecule has 0 aromatic carbocycles. The monoisotopic (exact) mass is 921 g/mol. The van der Waals surface area contributed by atoms with Crippen LogP contribution in [0, 0.1) is 0 Å². The quantitative estimate of drug-likeness (QED) is 0.0262. The standard InChI is InChI=1S/C60H104O6/c1-4-7-10-13-16-19-22-24-26-28-29-30-31-33-34-36-38-41-44-47-50-53-59(62)65-56-57(55-64-58(61)52-49-46-43-40-21-18-15-12-9-6-3)66-60(63)54-51-48-45-42-39-37-35-32-27-25-23-20-17-14-11-8-5-2/h7,10,12,15-16,19,24,26,29-30,33-34,57H,4-6,8-9,11,13-14,17-18,20-23,25,27-28,31-32,35-56H2,1-3H3/b10-7-,15-12-,19-16-,26-24-,30-29-,34-33-. The van der Waals surface area contributed by atoms with Gasteiger partial charge in [-0.2, -0.15) is 0 Å². The molecule has 1 atom stereocenters. The highest BCUT2D eigenvalue weighted by Crippen LogP contribution is 2.16. The average Bonchev–Trinajstić information content (AvgIpc) is 3.31. The van der Waals surface area contributed by atoms with Crippen LogP contribution in [0.5, 0.6) is 0 Å². The van der Waals surface area contributed by atoms with Gasteiger partial charge in [0.25, 0.3) is 0 Å². The smallest absolute Gasteiger partial charge is 0.306 e. The molecule has 0 saturated heterocycles. The van der Waals surface area contributed by atoms with Crippen LogP contribution < -0.4 is 0 Å². The molecule has 0 radical (unpaired) electrons. The van der Waals surface area contributed by atoms with Crippen LogP contribution in [-0.2, 0) is 28.6 Å². The molecule has 0 saturated carbocycles. The summed E-state index contributed by atoms with van der Waals surface area (Å²) in [5, 5.41) is 0. The fourth-order valence-corrected chi connectivity index (χ4v) is 7.77. The largest absolute Gasteiger partial charge is 0.462 e. The summed E-state index contributed by atoms with van der Waals surface area (Å²) in [4.78, 5) is 38.0. The van der Waals surface area contributed by atoms with Gasteiger partial charge in [-0.1, -0.05) is 241 Å². The summed E-state index contributed by atoms with van der Waals surface area (Å²) >= 11 is 0. The van der Waals surface area contributed by atoms with Crippen molar-refractivity contribution in [3.8, 4) is 0 Å². The molecule has 380 valence electrons. The Balaban J connectivity index is 4.34. The molecule has 0 heterocycles. The molecule has 66 heavy (non-hydrogen) atoms. The molecule has 0 aliphatic rings. The SMILES string of the molecule is CC/C=C\C/C=C\C/C=C\C/C=C\C/C=C\CCCCCCCC(=O)OCC(COC(=O)CCCCCCC/C=C\CCC)OC(=O)CCCCCCCCCCCCCCCCCCC. The number of ether oxygens (including phenoxy) is 3. The first-order valence-electron chi connectivity index (χ1n) is 27.9. The maximum absolute atomic E-state index is 12.8. The third kappa shape index (κ3) is 51.8. The predicted molar refractivity (Wildman–Crippen MR) is 284 cm³/mol.